The predicted octanol–water partition coefficient (Wildman–Crippen LogP) is 2.23. The number of halogens is 1. The lowest BCUT2D eigenvalue weighted by molar-refractivity contribution is 0.0763. The first-order chi connectivity index (χ1) is 12.7. The molecule has 0 radical (unpaired) electrons. The zero-order chi connectivity index (χ0) is 19.8. The highest BCUT2D eigenvalue weighted by molar-refractivity contribution is 7.89. The number of aromatic nitrogens is 2. The summed E-state index contributed by atoms with van der Waals surface area (Å²) in [6, 6.07) is 6.82. The minimum atomic E-state index is -3.58. The Bertz CT molecular complexity index is 954. The summed E-state index contributed by atoms with van der Waals surface area (Å²) < 4.78 is 28.7. The van der Waals surface area contributed by atoms with E-state index in [2.05, 4.69) is 5.10 Å². The van der Waals surface area contributed by atoms with Gasteiger partial charge in [0.2, 0.25) is 10.0 Å². The van der Waals surface area contributed by atoms with Gasteiger partial charge in [0.1, 0.15) is 5.15 Å². The van der Waals surface area contributed by atoms with Gasteiger partial charge in [-0.1, -0.05) is 29.3 Å². The third kappa shape index (κ3) is 3.88. The summed E-state index contributed by atoms with van der Waals surface area (Å²) in [5.74, 6) is -0.208. The van der Waals surface area contributed by atoms with Crippen LogP contribution in [0.4, 0.5) is 0 Å². The molecule has 1 aromatic carbocycles. The molecule has 1 aliphatic rings. The second kappa shape index (κ2) is 7.61. The SMILES string of the molecule is Cc1ccc(S(=O)(=O)N2CCCN(C(=O)c3c(C)nn(C)c3Cl)CC2)cc1. The summed E-state index contributed by atoms with van der Waals surface area (Å²) in [6.45, 7) is 5.07. The molecule has 1 amide bonds. The average Bonchev–Trinajstić information content (AvgIpc) is 2.81. The fourth-order valence-corrected chi connectivity index (χ4v) is 4.95. The van der Waals surface area contributed by atoms with Gasteiger partial charge in [0.25, 0.3) is 5.91 Å². The van der Waals surface area contributed by atoms with Crippen molar-refractivity contribution in [1.29, 1.82) is 0 Å². The lowest BCUT2D eigenvalue weighted by atomic mass is 10.2. The summed E-state index contributed by atoms with van der Waals surface area (Å²) in [5.41, 5.74) is 1.96. The molecule has 27 heavy (non-hydrogen) atoms. The summed E-state index contributed by atoms with van der Waals surface area (Å²) >= 11 is 6.21. The van der Waals surface area contributed by atoms with Crippen LogP contribution in [0.1, 0.15) is 28.0 Å². The molecule has 2 aromatic rings. The Hall–Kier alpha value is -1.90. The van der Waals surface area contributed by atoms with E-state index < -0.39 is 10.0 Å². The zero-order valence-electron chi connectivity index (χ0n) is 15.6. The molecular weight excluding hydrogens is 388 g/mol. The summed E-state index contributed by atoms with van der Waals surface area (Å²) in [6.07, 6.45) is 0.563. The normalized spacial score (nSPS) is 16.4. The van der Waals surface area contributed by atoms with E-state index in [-0.39, 0.29) is 17.3 Å². The molecule has 1 fully saturated rings. The first-order valence-electron chi connectivity index (χ1n) is 8.77. The molecule has 1 aliphatic heterocycles. The number of amides is 1. The standard InChI is InChI=1S/C18H23ClN4O3S/c1-13-5-7-15(8-6-13)27(25,26)23-10-4-9-22(11-12-23)18(24)16-14(2)20-21(3)17(16)19/h5-8H,4,9-12H2,1-3H3. The Morgan fingerprint density at radius 3 is 2.33 bits per heavy atom. The van der Waals surface area contributed by atoms with Crippen LogP contribution in [0.5, 0.6) is 0 Å². The van der Waals surface area contributed by atoms with Gasteiger partial charge in [0, 0.05) is 33.2 Å². The predicted molar refractivity (Wildman–Crippen MR) is 103 cm³/mol. The smallest absolute Gasteiger partial charge is 0.258 e. The lowest BCUT2D eigenvalue weighted by Gasteiger charge is -2.22. The van der Waals surface area contributed by atoms with Gasteiger partial charge in [-0.3, -0.25) is 9.48 Å². The molecule has 0 aliphatic carbocycles. The maximum absolute atomic E-state index is 12.9. The number of carbonyl (C=O) groups excluding carboxylic acids is 1. The van der Waals surface area contributed by atoms with E-state index in [4.69, 9.17) is 11.6 Å². The Morgan fingerprint density at radius 2 is 1.74 bits per heavy atom. The summed E-state index contributed by atoms with van der Waals surface area (Å²) in [4.78, 5) is 14.8. The van der Waals surface area contributed by atoms with E-state index >= 15 is 0 Å². The van der Waals surface area contributed by atoms with E-state index in [9.17, 15) is 13.2 Å². The maximum Gasteiger partial charge on any atom is 0.258 e. The minimum absolute atomic E-state index is 0.208. The quantitative estimate of drug-likeness (QED) is 0.777. The van der Waals surface area contributed by atoms with Crippen molar-refractivity contribution in [1.82, 2.24) is 19.0 Å². The second-order valence-corrected chi connectivity index (χ2v) is 9.03. The monoisotopic (exact) mass is 410 g/mol. The first-order valence-corrected chi connectivity index (χ1v) is 10.6. The Balaban J connectivity index is 1.77. The molecule has 146 valence electrons. The molecule has 0 unspecified atom stereocenters. The average molecular weight is 411 g/mol. The number of sulfonamides is 1. The molecule has 0 N–H and O–H groups in total. The number of nitrogens with zero attached hydrogens (tertiary/aromatic N) is 4. The molecular formula is C18H23ClN4O3S. The van der Waals surface area contributed by atoms with Crippen molar-refractivity contribution < 1.29 is 13.2 Å². The van der Waals surface area contributed by atoms with Crippen molar-refractivity contribution in [3.8, 4) is 0 Å². The molecule has 0 atom stereocenters. The van der Waals surface area contributed by atoms with E-state index in [1.807, 2.05) is 6.92 Å². The highest BCUT2D eigenvalue weighted by atomic mass is 35.5. The fourth-order valence-electron chi connectivity index (χ4n) is 3.23. The highest BCUT2D eigenvalue weighted by Crippen LogP contribution is 2.23. The molecule has 2 heterocycles. The van der Waals surface area contributed by atoms with Crippen LogP contribution in [0.15, 0.2) is 29.2 Å². The van der Waals surface area contributed by atoms with Crippen molar-refractivity contribution in [2.45, 2.75) is 25.2 Å². The number of hydrogen-bond donors (Lipinski definition) is 0. The number of benzene rings is 1. The van der Waals surface area contributed by atoms with Gasteiger partial charge < -0.3 is 4.90 Å². The van der Waals surface area contributed by atoms with Gasteiger partial charge in [0.15, 0.2) is 0 Å². The molecule has 1 aromatic heterocycles. The largest absolute Gasteiger partial charge is 0.337 e. The van der Waals surface area contributed by atoms with Crippen molar-refractivity contribution >= 4 is 27.5 Å². The van der Waals surface area contributed by atoms with Gasteiger partial charge in [-0.2, -0.15) is 9.40 Å². The zero-order valence-corrected chi connectivity index (χ0v) is 17.2. The number of carbonyl (C=O) groups is 1. The van der Waals surface area contributed by atoms with Gasteiger partial charge in [-0.15, -0.1) is 0 Å². The van der Waals surface area contributed by atoms with Crippen molar-refractivity contribution in [2.75, 3.05) is 26.2 Å². The highest BCUT2D eigenvalue weighted by Gasteiger charge is 2.30. The maximum atomic E-state index is 12.9. The molecule has 0 bridgehead atoms. The van der Waals surface area contributed by atoms with Gasteiger partial charge >= 0.3 is 0 Å². The molecule has 1 saturated heterocycles. The molecule has 0 saturated carbocycles. The topological polar surface area (TPSA) is 75.5 Å². The second-order valence-electron chi connectivity index (χ2n) is 6.74. The van der Waals surface area contributed by atoms with E-state index in [1.165, 1.54) is 8.99 Å². The first kappa shape index (κ1) is 19.9. The van der Waals surface area contributed by atoms with E-state index in [0.717, 1.165) is 5.56 Å². The van der Waals surface area contributed by atoms with Crippen LogP contribution >= 0.6 is 11.6 Å². The fraction of sp³-hybridized carbons (Fsp3) is 0.444. The third-order valence-electron chi connectivity index (χ3n) is 4.77. The van der Waals surface area contributed by atoms with Crippen molar-refractivity contribution in [3.63, 3.8) is 0 Å². The Morgan fingerprint density at radius 1 is 1.07 bits per heavy atom. The van der Waals surface area contributed by atoms with Crippen LogP contribution in [0.25, 0.3) is 0 Å². The molecule has 3 rings (SSSR count). The van der Waals surface area contributed by atoms with Crippen LogP contribution in [0.3, 0.4) is 0 Å². The lowest BCUT2D eigenvalue weighted by Crippen LogP contribution is -2.37. The van der Waals surface area contributed by atoms with E-state index in [0.29, 0.717) is 42.5 Å². The number of aryl methyl sites for hydroxylation is 3. The number of rotatable bonds is 3. The van der Waals surface area contributed by atoms with Gasteiger partial charge in [0.05, 0.1) is 16.2 Å². The van der Waals surface area contributed by atoms with Gasteiger partial charge in [-0.05, 0) is 32.4 Å². The van der Waals surface area contributed by atoms with Crippen molar-refractivity contribution in [2.24, 2.45) is 7.05 Å². The van der Waals surface area contributed by atoms with Gasteiger partial charge in [-0.25, -0.2) is 8.42 Å². The van der Waals surface area contributed by atoms with Crippen LogP contribution in [0, 0.1) is 13.8 Å². The minimum Gasteiger partial charge on any atom is -0.337 e. The Kier molecular flexibility index (Phi) is 5.60. The van der Waals surface area contributed by atoms with Crippen LogP contribution < -0.4 is 0 Å². The van der Waals surface area contributed by atoms with Crippen LogP contribution in [0.2, 0.25) is 5.15 Å². The molecule has 0 spiro atoms. The van der Waals surface area contributed by atoms with Crippen molar-refractivity contribution in [3.05, 3.63) is 46.2 Å². The van der Waals surface area contributed by atoms with E-state index in [1.54, 1.807) is 43.1 Å². The summed E-state index contributed by atoms with van der Waals surface area (Å²) in [5, 5.41) is 4.48. The molecule has 9 heteroatoms. The molecule has 7 nitrogen and oxygen atoms in total. The Labute approximate surface area is 164 Å². The van der Waals surface area contributed by atoms with Crippen LogP contribution in [-0.4, -0.2) is 59.5 Å². The third-order valence-corrected chi connectivity index (χ3v) is 7.11. The summed E-state index contributed by atoms with van der Waals surface area (Å²) in [7, 11) is -1.89. The number of hydrogen-bond acceptors (Lipinski definition) is 4. The van der Waals surface area contributed by atoms with Crippen LogP contribution in [-0.2, 0) is 17.1 Å².